The summed E-state index contributed by atoms with van der Waals surface area (Å²) in [7, 11) is -4.07. The van der Waals surface area contributed by atoms with Crippen LogP contribution in [0.2, 0.25) is 0 Å². The van der Waals surface area contributed by atoms with Gasteiger partial charge in [0.05, 0.1) is 23.4 Å². The lowest BCUT2D eigenvalue weighted by molar-refractivity contribution is -0.119. The summed E-state index contributed by atoms with van der Waals surface area (Å²) >= 11 is 0. The molecule has 33 heavy (non-hydrogen) atoms. The number of hydrazone groups is 1. The summed E-state index contributed by atoms with van der Waals surface area (Å²) < 4.78 is 46.8. The van der Waals surface area contributed by atoms with Gasteiger partial charge in [-0.1, -0.05) is 35.9 Å². The van der Waals surface area contributed by atoms with Crippen molar-refractivity contribution < 1.29 is 22.3 Å². The fraction of sp³-hybridized carbons (Fsp3) is 0.167. The van der Waals surface area contributed by atoms with Crippen LogP contribution in [-0.4, -0.2) is 33.7 Å². The van der Waals surface area contributed by atoms with Gasteiger partial charge in [-0.25, -0.2) is 18.2 Å². The highest BCUT2D eigenvalue weighted by Gasteiger charge is 2.27. The molecular formula is C24H24FN3O4S. The van der Waals surface area contributed by atoms with Gasteiger partial charge >= 0.3 is 0 Å². The van der Waals surface area contributed by atoms with E-state index in [1.54, 1.807) is 42.5 Å². The summed E-state index contributed by atoms with van der Waals surface area (Å²) in [5.74, 6) is -0.633. The van der Waals surface area contributed by atoms with Crippen LogP contribution in [0.3, 0.4) is 0 Å². The molecule has 0 saturated carbocycles. The second-order valence-corrected chi connectivity index (χ2v) is 8.93. The average molecular weight is 470 g/mol. The van der Waals surface area contributed by atoms with Gasteiger partial charge in [0.2, 0.25) is 0 Å². The third-order valence-corrected chi connectivity index (χ3v) is 6.42. The van der Waals surface area contributed by atoms with E-state index in [4.69, 9.17) is 4.74 Å². The number of carbonyl (C=O) groups is 1. The van der Waals surface area contributed by atoms with Gasteiger partial charge in [0, 0.05) is 5.56 Å². The summed E-state index contributed by atoms with van der Waals surface area (Å²) in [5.41, 5.74) is 3.71. The summed E-state index contributed by atoms with van der Waals surface area (Å²) in [6.07, 6.45) is 1.16. The maximum absolute atomic E-state index is 13.7. The van der Waals surface area contributed by atoms with Crippen LogP contribution in [0.5, 0.6) is 5.75 Å². The molecule has 1 N–H and O–H groups in total. The second kappa shape index (κ2) is 10.7. The predicted octanol–water partition coefficient (Wildman–Crippen LogP) is 3.88. The van der Waals surface area contributed by atoms with Gasteiger partial charge < -0.3 is 4.74 Å². The molecule has 7 nitrogen and oxygen atoms in total. The largest absolute Gasteiger partial charge is 0.494 e. The Balaban J connectivity index is 1.84. The van der Waals surface area contributed by atoms with E-state index in [9.17, 15) is 17.6 Å². The Hall–Kier alpha value is -3.72. The van der Waals surface area contributed by atoms with Gasteiger partial charge in [0.1, 0.15) is 18.1 Å². The van der Waals surface area contributed by atoms with Crippen molar-refractivity contribution in [2.24, 2.45) is 5.10 Å². The maximum Gasteiger partial charge on any atom is 0.264 e. The zero-order valence-electron chi connectivity index (χ0n) is 18.2. The second-order valence-electron chi connectivity index (χ2n) is 7.07. The minimum Gasteiger partial charge on any atom is -0.494 e. The van der Waals surface area contributed by atoms with Crippen LogP contribution in [0.25, 0.3) is 0 Å². The van der Waals surface area contributed by atoms with Crippen molar-refractivity contribution in [2.75, 3.05) is 17.5 Å². The van der Waals surface area contributed by atoms with E-state index in [1.807, 2.05) is 13.8 Å². The lowest BCUT2D eigenvalue weighted by atomic mass is 10.2. The Labute approximate surface area is 192 Å². The summed E-state index contributed by atoms with van der Waals surface area (Å²) in [4.78, 5) is 12.5. The molecule has 172 valence electrons. The highest BCUT2D eigenvalue weighted by molar-refractivity contribution is 7.92. The van der Waals surface area contributed by atoms with Crippen LogP contribution < -0.4 is 14.5 Å². The lowest BCUT2D eigenvalue weighted by Gasteiger charge is -2.24. The first-order chi connectivity index (χ1) is 15.8. The van der Waals surface area contributed by atoms with Crippen molar-refractivity contribution in [1.29, 1.82) is 0 Å². The number of aryl methyl sites for hydroxylation is 1. The number of anilines is 1. The van der Waals surface area contributed by atoms with Gasteiger partial charge in [-0.15, -0.1) is 0 Å². The standard InChI is InChI=1S/C24H24FN3O4S/c1-3-32-21-12-14-22(15-13-21)33(30,31)28(20-10-8-18(2)9-11-20)17-24(29)27-26-16-19-6-4-5-7-23(19)25/h4-16H,3,17H2,1-2H3,(H,27,29)/b26-16-. The van der Waals surface area contributed by atoms with Gasteiger partial charge in [0.25, 0.3) is 15.9 Å². The number of halogens is 1. The minimum absolute atomic E-state index is 0.00851. The normalized spacial score (nSPS) is 11.4. The van der Waals surface area contributed by atoms with Crippen molar-refractivity contribution in [3.8, 4) is 5.75 Å². The molecule has 1 amide bonds. The molecule has 0 bridgehead atoms. The summed E-state index contributed by atoms with van der Waals surface area (Å²) in [6, 6.07) is 18.7. The molecular weight excluding hydrogens is 445 g/mol. The molecule has 3 rings (SSSR count). The zero-order chi connectivity index (χ0) is 23.8. The number of rotatable bonds is 9. The quantitative estimate of drug-likeness (QED) is 0.381. The third-order valence-electron chi connectivity index (χ3n) is 4.63. The Morgan fingerprint density at radius 3 is 2.36 bits per heavy atom. The molecule has 0 unspecified atom stereocenters. The molecule has 0 spiro atoms. The summed E-state index contributed by atoms with van der Waals surface area (Å²) in [6.45, 7) is 3.64. The maximum atomic E-state index is 13.7. The topological polar surface area (TPSA) is 88.1 Å². The smallest absolute Gasteiger partial charge is 0.264 e. The number of hydrogen-bond acceptors (Lipinski definition) is 5. The van der Waals surface area contributed by atoms with E-state index >= 15 is 0 Å². The molecule has 0 aliphatic rings. The molecule has 0 aromatic heterocycles. The van der Waals surface area contributed by atoms with Crippen LogP contribution in [0.15, 0.2) is 82.8 Å². The molecule has 0 radical (unpaired) electrons. The van der Waals surface area contributed by atoms with E-state index in [-0.39, 0.29) is 10.5 Å². The Morgan fingerprint density at radius 1 is 1.06 bits per heavy atom. The average Bonchev–Trinajstić information content (AvgIpc) is 2.80. The van der Waals surface area contributed by atoms with Gasteiger partial charge in [0.15, 0.2) is 0 Å². The van der Waals surface area contributed by atoms with Crippen molar-refractivity contribution in [3.63, 3.8) is 0 Å². The number of ether oxygens (including phenoxy) is 1. The molecule has 9 heteroatoms. The Morgan fingerprint density at radius 2 is 1.73 bits per heavy atom. The number of carbonyl (C=O) groups excluding carboxylic acids is 1. The number of sulfonamides is 1. The van der Waals surface area contributed by atoms with Crippen molar-refractivity contribution >= 4 is 27.8 Å². The number of nitrogens with one attached hydrogen (secondary N) is 1. The predicted molar refractivity (Wildman–Crippen MR) is 125 cm³/mol. The molecule has 3 aromatic carbocycles. The first-order valence-electron chi connectivity index (χ1n) is 10.2. The van der Waals surface area contributed by atoms with E-state index < -0.39 is 28.3 Å². The number of nitrogens with zero attached hydrogens (tertiary/aromatic N) is 2. The fourth-order valence-corrected chi connectivity index (χ4v) is 4.37. The monoisotopic (exact) mass is 469 g/mol. The van der Waals surface area contributed by atoms with E-state index in [0.717, 1.165) is 16.1 Å². The molecule has 3 aromatic rings. The van der Waals surface area contributed by atoms with Gasteiger partial charge in [-0.05, 0) is 56.3 Å². The summed E-state index contributed by atoms with van der Waals surface area (Å²) in [5, 5.41) is 3.75. The minimum atomic E-state index is -4.07. The molecule has 0 heterocycles. The number of benzene rings is 3. The highest BCUT2D eigenvalue weighted by atomic mass is 32.2. The zero-order valence-corrected chi connectivity index (χ0v) is 19.0. The Bertz CT molecular complexity index is 1230. The van der Waals surface area contributed by atoms with Crippen LogP contribution >= 0.6 is 0 Å². The van der Waals surface area contributed by atoms with Crippen LogP contribution in [-0.2, 0) is 14.8 Å². The first kappa shape index (κ1) is 23.9. The van der Waals surface area contributed by atoms with Crippen LogP contribution in [0.1, 0.15) is 18.1 Å². The number of amides is 1. The third kappa shape index (κ3) is 6.17. The molecule has 0 aliphatic carbocycles. The van der Waals surface area contributed by atoms with E-state index in [1.165, 1.54) is 30.3 Å². The van der Waals surface area contributed by atoms with Crippen LogP contribution in [0.4, 0.5) is 10.1 Å². The van der Waals surface area contributed by atoms with Gasteiger partial charge in [-0.2, -0.15) is 5.10 Å². The van der Waals surface area contributed by atoms with Crippen molar-refractivity contribution in [2.45, 2.75) is 18.7 Å². The van der Waals surface area contributed by atoms with Crippen molar-refractivity contribution in [1.82, 2.24) is 5.43 Å². The molecule has 0 saturated heterocycles. The van der Waals surface area contributed by atoms with Gasteiger partial charge in [-0.3, -0.25) is 9.10 Å². The Kier molecular flexibility index (Phi) is 7.78. The van der Waals surface area contributed by atoms with E-state index in [2.05, 4.69) is 10.5 Å². The SMILES string of the molecule is CCOc1ccc(S(=O)(=O)N(CC(=O)N/N=C\c2ccccc2F)c2ccc(C)cc2)cc1. The lowest BCUT2D eigenvalue weighted by Crippen LogP contribution is -2.39. The molecule has 0 atom stereocenters. The molecule has 0 aliphatic heterocycles. The first-order valence-corrected chi connectivity index (χ1v) is 11.6. The van der Waals surface area contributed by atoms with Crippen molar-refractivity contribution in [3.05, 3.63) is 89.7 Å². The number of hydrogen-bond donors (Lipinski definition) is 1. The highest BCUT2D eigenvalue weighted by Crippen LogP contribution is 2.25. The molecule has 0 fully saturated rings. The van der Waals surface area contributed by atoms with E-state index in [0.29, 0.717) is 18.0 Å². The van der Waals surface area contributed by atoms with Crippen LogP contribution in [0, 0.1) is 12.7 Å². The fourth-order valence-electron chi connectivity index (χ4n) is 2.95.